The van der Waals surface area contributed by atoms with Crippen molar-refractivity contribution >= 4 is 5.69 Å². The first-order valence-corrected chi connectivity index (χ1v) is 5.57. The second-order valence-electron chi connectivity index (χ2n) is 4.20. The van der Waals surface area contributed by atoms with Gasteiger partial charge >= 0.3 is 6.36 Å². The Balaban J connectivity index is 2.39. The number of nitrogen functional groups attached to an aromatic ring is 1. The highest BCUT2D eigenvalue weighted by atomic mass is 19.4. The molecule has 0 saturated carbocycles. The largest absolute Gasteiger partial charge is 0.573 e. The first-order chi connectivity index (χ1) is 8.83. The minimum Gasteiger partial charge on any atom is -0.406 e. The maximum atomic E-state index is 12.2. The number of ether oxygens (including phenoxy) is 1. The molecule has 0 aliphatic carbocycles. The Bertz CT molecular complexity index is 576. The molecule has 0 spiro atoms. The van der Waals surface area contributed by atoms with Crippen LogP contribution < -0.4 is 10.5 Å². The number of alkyl halides is 3. The molecule has 0 aliphatic heterocycles. The van der Waals surface area contributed by atoms with Crippen LogP contribution in [0.25, 0.3) is 11.1 Å². The zero-order valence-corrected chi connectivity index (χ0v) is 10.2. The molecule has 19 heavy (non-hydrogen) atoms. The highest BCUT2D eigenvalue weighted by Gasteiger charge is 2.31. The highest BCUT2D eigenvalue weighted by molar-refractivity contribution is 5.69. The van der Waals surface area contributed by atoms with Crippen LogP contribution in [-0.2, 0) is 0 Å². The molecule has 100 valence electrons. The molecule has 0 atom stereocenters. The van der Waals surface area contributed by atoms with E-state index in [0.717, 1.165) is 17.2 Å². The fourth-order valence-corrected chi connectivity index (χ4v) is 1.73. The van der Waals surface area contributed by atoms with Crippen LogP contribution in [0.1, 0.15) is 5.56 Å². The molecule has 0 aliphatic rings. The van der Waals surface area contributed by atoms with Gasteiger partial charge in [0.25, 0.3) is 0 Å². The monoisotopic (exact) mass is 267 g/mol. The van der Waals surface area contributed by atoms with Crippen molar-refractivity contribution in [3.8, 4) is 16.9 Å². The lowest BCUT2D eigenvalue weighted by molar-refractivity contribution is -0.274. The lowest BCUT2D eigenvalue weighted by Gasteiger charge is -2.11. The standard InChI is InChI=1S/C14H12F3NO/c1-9-2-4-10(5-3-9)11-6-12(18)8-13(7-11)19-14(15,16)17/h2-8H,18H2,1H3. The van der Waals surface area contributed by atoms with Crippen molar-refractivity contribution in [1.29, 1.82) is 0 Å². The maximum absolute atomic E-state index is 12.2. The van der Waals surface area contributed by atoms with Crippen LogP contribution in [-0.4, -0.2) is 6.36 Å². The molecule has 0 aromatic heterocycles. The molecule has 0 bridgehead atoms. The Morgan fingerprint density at radius 1 is 0.947 bits per heavy atom. The van der Waals surface area contributed by atoms with E-state index in [1.54, 1.807) is 6.07 Å². The third-order valence-electron chi connectivity index (χ3n) is 2.55. The lowest BCUT2D eigenvalue weighted by Crippen LogP contribution is -2.17. The smallest absolute Gasteiger partial charge is 0.406 e. The van der Waals surface area contributed by atoms with Crippen molar-refractivity contribution in [3.63, 3.8) is 0 Å². The Labute approximate surface area is 108 Å². The Kier molecular flexibility index (Phi) is 3.38. The van der Waals surface area contributed by atoms with Crippen LogP contribution >= 0.6 is 0 Å². The summed E-state index contributed by atoms with van der Waals surface area (Å²) in [5, 5.41) is 0. The zero-order chi connectivity index (χ0) is 14.0. The summed E-state index contributed by atoms with van der Waals surface area (Å²) >= 11 is 0. The van der Waals surface area contributed by atoms with Gasteiger partial charge in [0.15, 0.2) is 0 Å². The van der Waals surface area contributed by atoms with Gasteiger partial charge in [-0.1, -0.05) is 29.8 Å². The van der Waals surface area contributed by atoms with Crippen LogP contribution in [0.2, 0.25) is 0 Å². The van der Waals surface area contributed by atoms with Crippen molar-refractivity contribution < 1.29 is 17.9 Å². The first-order valence-electron chi connectivity index (χ1n) is 5.57. The molecule has 2 aromatic rings. The van der Waals surface area contributed by atoms with Crippen molar-refractivity contribution in [3.05, 3.63) is 48.0 Å². The van der Waals surface area contributed by atoms with Gasteiger partial charge < -0.3 is 10.5 Å². The minimum absolute atomic E-state index is 0.220. The third-order valence-corrected chi connectivity index (χ3v) is 2.55. The number of hydrogen-bond donors (Lipinski definition) is 1. The van der Waals surface area contributed by atoms with Crippen LogP contribution in [0.4, 0.5) is 18.9 Å². The van der Waals surface area contributed by atoms with Gasteiger partial charge in [0, 0.05) is 11.8 Å². The summed E-state index contributed by atoms with van der Waals surface area (Å²) in [4.78, 5) is 0. The Morgan fingerprint density at radius 3 is 2.16 bits per heavy atom. The van der Waals surface area contributed by atoms with Gasteiger partial charge in [-0.3, -0.25) is 0 Å². The quantitative estimate of drug-likeness (QED) is 0.830. The second kappa shape index (κ2) is 4.84. The molecule has 0 saturated heterocycles. The van der Waals surface area contributed by atoms with E-state index in [1.807, 2.05) is 31.2 Å². The van der Waals surface area contributed by atoms with Crippen LogP contribution in [0.3, 0.4) is 0 Å². The summed E-state index contributed by atoms with van der Waals surface area (Å²) in [6, 6.07) is 11.5. The average molecular weight is 267 g/mol. The second-order valence-corrected chi connectivity index (χ2v) is 4.20. The molecule has 2 rings (SSSR count). The number of aryl methyl sites for hydroxylation is 1. The normalized spacial score (nSPS) is 11.4. The van der Waals surface area contributed by atoms with E-state index in [-0.39, 0.29) is 11.4 Å². The van der Waals surface area contributed by atoms with Gasteiger partial charge in [-0.2, -0.15) is 0 Å². The molecular formula is C14H12F3NO. The van der Waals surface area contributed by atoms with Crippen molar-refractivity contribution in [2.75, 3.05) is 5.73 Å². The first kappa shape index (κ1) is 13.3. The summed E-state index contributed by atoms with van der Waals surface area (Å²) in [6.07, 6.45) is -4.72. The van der Waals surface area contributed by atoms with E-state index < -0.39 is 6.36 Å². The molecule has 2 aromatic carbocycles. The van der Waals surface area contributed by atoms with Gasteiger partial charge in [0.05, 0.1) is 0 Å². The fourth-order valence-electron chi connectivity index (χ4n) is 1.73. The van der Waals surface area contributed by atoms with E-state index in [2.05, 4.69) is 4.74 Å². The summed E-state index contributed by atoms with van der Waals surface area (Å²) in [5.41, 5.74) is 8.25. The number of rotatable bonds is 2. The molecule has 0 unspecified atom stereocenters. The van der Waals surface area contributed by atoms with Gasteiger partial charge in [0.2, 0.25) is 0 Å². The summed E-state index contributed by atoms with van der Waals surface area (Å²) in [7, 11) is 0. The number of anilines is 1. The van der Waals surface area contributed by atoms with Crippen LogP contribution in [0.15, 0.2) is 42.5 Å². The zero-order valence-electron chi connectivity index (χ0n) is 10.2. The van der Waals surface area contributed by atoms with E-state index in [4.69, 9.17) is 5.73 Å². The number of benzene rings is 2. The predicted molar refractivity (Wildman–Crippen MR) is 67.7 cm³/mol. The van der Waals surface area contributed by atoms with Crippen molar-refractivity contribution in [2.24, 2.45) is 0 Å². The maximum Gasteiger partial charge on any atom is 0.573 e. The predicted octanol–water partition coefficient (Wildman–Crippen LogP) is 4.14. The molecule has 0 fully saturated rings. The molecule has 0 amide bonds. The van der Waals surface area contributed by atoms with E-state index >= 15 is 0 Å². The van der Waals surface area contributed by atoms with Crippen LogP contribution in [0.5, 0.6) is 5.75 Å². The fraction of sp³-hybridized carbons (Fsp3) is 0.143. The molecular weight excluding hydrogens is 255 g/mol. The van der Waals surface area contributed by atoms with Gasteiger partial charge in [-0.15, -0.1) is 13.2 Å². The summed E-state index contributed by atoms with van der Waals surface area (Å²) in [5.74, 6) is -0.317. The van der Waals surface area contributed by atoms with Gasteiger partial charge in [-0.05, 0) is 30.2 Å². The average Bonchev–Trinajstić information content (AvgIpc) is 2.26. The molecule has 2 nitrogen and oxygen atoms in total. The van der Waals surface area contributed by atoms with Crippen molar-refractivity contribution in [1.82, 2.24) is 0 Å². The van der Waals surface area contributed by atoms with Crippen molar-refractivity contribution in [2.45, 2.75) is 13.3 Å². The summed E-state index contributed by atoms with van der Waals surface area (Å²) in [6.45, 7) is 1.93. The third kappa shape index (κ3) is 3.64. The number of halogens is 3. The highest BCUT2D eigenvalue weighted by Crippen LogP contribution is 2.30. The topological polar surface area (TPSA) is 35.2 Å². The van der Waals surface area contributed by atoms with Gasteiger partial charge in [-0.25, -0.2) is 0 Å². The minimum atomic E-state index is -4.72. The molecule has 0 radical (unpaired) electrons. The number of nitrogens with two attached hydrogens (primary N) is 1. The molecule has 0 heterocycles. The van der Waals surface area contributed by atoms with Gasteiger partial charge in [0.1, 0.15) is 5.75 Å². The van der Waals surface area contributed by atoms with Crippen LogP contribution in [0, 0.1) is 6.92 Å². The van der Waals surface area contributed by atoms with E-state index in [9.17, 15) is 13.2 Å². The Hall–Kier alpha value is -2.17. The summed E-state index contributed by atoms with van der Waals surface area (Å²) < 4.78 is 40.5. The van der Waals surface area contributed by atoms with E-state index in [1.165, 1.54) is 6.07 Å². The molecule has 2 N–H and O–H groups in total. The van der Waals surface area contributed by atoms with E-state index in [0.29, 0.717) is 5.56 Å². The lowest BCUT2D eigenvalue weighted by atomic mass is 10.0. The SMILES string of the molecule is Cc1ccc(-c2cc(N)cc(OC(F)(F)F)c2)cc1. The molecule has 5 heteroatoms. The number of hydrogen-bond acceptors (Lipinski definition) is 2. The Morgan fingerprint density at radius 2 is 1.58 bits per heavy atom.